The largest absolute Gasteiger partial charge is 0.228 e. The minimum absolute atomic E-state index is 0.143. The Kier molecular flexibility index (Phi) is 4.21. The van der Waals surface area contributed by atoms with Crippen molar-refractivity contribution in [3.63, 3.8) is 0 Å². The molecule has 1 aromatic carbocycles. The van der Waals surface area contributed by atoms with Crippen LogP contribution in [0.2, 0.25) is 0 Å². The van der Waals surface area contributed by atoms with E-state index in [9.17, 15) is 8.42 Å². The van der Waals surface area contributed by atoms with Crippen LogP contribution in [0.15, 0.2) is 30.3 Å². The Balaban J connectivity index is 1.83. The molecule has 0 aromatic heterocycles. The minimum atomic E-state index is -2.90. The lowest BCUT2D eigenvalue weighted by Gasteiger charge is -2.33. The molecule has 2 aliphatic rings. The molecule has 2 heterocycles. The van der Waals surface area contributed by atoms with E-state index < -0.39 is 9.84 Å². The molecule has 1 saturated heterocycles. The van der Waals surface area contributed by atoms with Gasteiger partial charge in [-0.3, -0.25) is 0 Å². The first-order valence-electron chi connectivity index (χ1n) is 8.14. The average Bonchev–Trinajstić information content (AvgIpc) is 2.44. The number of hydrogen-bond acceptors (Lipinski definition) is 2. The van der Waals surface area contributed by atoms with Crippen molar-refractivity contribution in [3.8, 4) is 0 Å². The molecule has 1 aromatic rings. The summed E-state index contributed by atoms with van der Waals surface area (Å²) in [5.74, 6) is 0. The molecule has 2 atom stereocenters. The van der Waals surface area contributed by atoms with Crippen LogP contribution in [0.4, 0.5) is 0 Å². The van der Waals surface area contributed by atoms with E-state index in [0.717, 1.165) is 25.7 Å². The fourth-order valence-corrected chi connectivity index (χ4v) is 5.79. The van der Waals surface area contributed by atoms with Gasteiger partial charge in [-0.1, -0.05) is 50.1 Å². The number of aryl methyl sites for hydroxylation is 1. The molecule has 3 heteroatoms. The Hall–Kier alpha value is -1.09. The lowest BCUT2D eigenvalue weighted by molar-refractivity contribution is 0.518. The van der Waals surface area contributed by atoms with Crippen LogP contribution in [0.25, 0.3) is 5.57 Å². The summed E-state index contributed by atoms with van der Waals surface area (Å²) < 4.78 is 24.6. The van der Waals surface area contributed by atoms with E-state index in [1.165, 1.54) is 29.5 Å². The summed E-state index contributed by atoms with van der Waals surface area (Å²) in [5, 5.41) is -0.379. The number of hydrogen-bond donors (Lipinski definition) is 0. The molecule has 2 bridgehead atoms. The SMILES string of the molecule is CCCCc1ccc(C2=CC3CCCC(C2)S3(=O)=O)cc1. The zero-order valence-electron chi connectivity index (χ0n) is 12.7. The minimum Gasteiger partial charge on any atom is -0.228 e. The van der Waals surface area contributed by atoms with Crippen LogP contribution in [-0.4, -0.2) is 18.9 Å². The van der Waals surface area contributed by atoms with Gasteiger partial charge >= 0.3 is 0 Å². The maximum atomic E-state index is 12.3. The van der Waals surface area contributed by atoms with Gasteiger partial charge in [-0.25, -0.2) is 8.42 Å². The summed E-state index contributed by atoms with van der Waals surface area (Å²) in [7, 11) is -2.90. The van der Waals surface area contributed by atoms with Crippen LogP contribution in [-0.2, 0) is 16.3 Å². The van der Waals surface area contributed by atoms with Gasteiger partial charge in [-0.05, 0) is 48.8 Å². The fourth-order valence-electron chi connectivity index (χ4n) is 3.54. The summed E-state index contributed by atoms with van der Waals surface area (Å²) in [6.45, 7) is 2.21. The van der Waals surface area contributed by atoms with Crippen molar-refractivity contribution in [2.75, 3.05) is 0 Å². The van der Waals surface area contributed by atoms with Crippen molar-refractivity contribution in [1.29, 1.82) is 0 Å². The topological polar surface area (TPSA) is 34.1 Å². The molecule has 2 unspecified atom stereocenters. The van der Waals surface area contributed by atoms with Crippen molar-refractivity contribution in [2.24, 2.45) is 0 Å². The maximum Gasteiger partial charge on any atom is 0.159 e. The predicted octanol–water partition coefficient (Wildman–Crippen LogP) is 4.15. The molecular weight excluding hydrogens is 280 g/mol. The molecule has 0 radical (unpaired) electrons. The highest BCUT2D eigenvalue weighted by molar-refractivity contribution is 7.93. The Bertz CT molecular complexity index is 626. The molecule has 0 amide bonds. The Morgan fingerprint density at radius 1 is 1.14 bits per heavy atom. The van der Waals surface area contributed by atoms with Gasteiger partial charge in [-0.15, -0.1) is 0 Å². The third kappa shape index (κ3) is 2.94. The van der Waals surface area contributed by atoms with Crippen molar-refractivity contribution >= 4 is 15.4 Å². The van der Waals surface area contributed by atoms with Crippen LogP contribution in [0.3, 0.4) is 0 Å². The number of unbranched alkanes of at least 4 members (excludes halogenated alkanes) is 1. The highest BCUT2D eigenvalue weighted by Gasteiger charge is 2.40. The monoisotopic (exact) mass is 304 g/mol. The maximum absolute atomic E-state index is 12.3. The number of allylic oxidation sites excluding steroid dienone is 1. The van der Waals surface area contributed by atoms with E-state index in [0.29, 0.717) is 6.42 Å². The van der Waals surface area contributed by atoms with E-state index in [2.05, 4.69) is 31.2 Å². The number of sulfone groups is 1. The standard InChI is InChI=1S/C18H24O2S/c1-2-3-5-14-8-10-15(11-9-14)16-12-17-6-4-7-18(13-16)21(17,19)20/h8-12,17-18H,2-7,13H2,1H3. The highest BCUT2D eigenvalue weighted by atomic mass is 32.2. The lowest BCUT2D eigenvalue weighted by atomic mass is 9.92. The fraction of sp³-hybridized carbons (Fsp3) is 0.556. The summed E-state index contributed by atoms with van der Waals surface area (Å²) in [6, 6.07) is 8.74. The molecule has 2 aliphatic heterocycles. The Labute approximate surface area is 128 Å². The van der Waals surface area contributed by atoms with E-state index in [1.54, 1.807) is 0 Å². The number of fused-ring (bicyclic) bond motifs is 2. The van der Waals surface area contributed by atoms with E-state index in [-0.39, 0.29) is 10.5 Å². The molecule has 0 saturated carbocycles. The van der Waals surface area contributed by atoms with Gasteiger partial charge in [-0.2, -0.15) is 0 Å². The van der Waals surface area contributed by atoms with Gasteiger partial charge in [0, 0.05) is 0 Å². The summed E-state index contributed by atoms with van der Waals surface area (Å²) in [4.78, 5) is 0. The second-order valence-corrected chi connectivity index (χ2v) is 8.83. The van der Waals surface area contributed by atoms with E-state index in [1.807, 2.05) is 6.08 Å². The summed E-state index contributed by atoms with van der Waals surface area (Å²) >= 11 is 0. The van der Waals surface area contributed by atoms with Crippen molar-refractivity contribution in [3.05, 3.63) is 41.5 Å². The smallest absolute Gasteiger partial charge is 0.159 e. The molecule has 0 spiro atoms. The second kappa shape index (κ2) is 5.96. The Morgan fingerprint density at radius 3 is 2.57 bits per heavy atom. The van der Waals surface area contributed by atoms with Gasteiger partial charge in [0.1, 0.15) is 0 Å². The van der Waals surface area contributed by atoms with Gasteiger partial charge in [0.2, 0.25) is 0 Å². The van der Waals surface area contributed by atoms with Crippen LogP contribution in [0, 0.1) is 0 Å². The van der Waals surface area contributed by atoms with Crippen LogP contribution < -0.4 is 0 Å². The molecule has 1 fully saturated rings. The lowest BCUT2D eigenvalue weighted by Crippen LogP contribution is -2.38. The second-order valence-electron chi connectivity index (χ2n) is 6.38. The quantitative estimate of drug-likeness (QED) is 0.837. The normalized spacial score (nSPS) is 27.2. The van der Waals surface area contributed by atoms with Crippen molar-refractivity contribution in [1.82, 2.24) is 0 Å². The molecule has 21 heavy (non-hydrogen) atoms. The van der Waals surface area contributed by atoms with Gasteiger partial charge in [0.25, 0.3) is 0 Å². The van der Waals surface area contributed by atoms with Crippen molar-refractivity contribution < 1.29 is 8.42 Å². The van der Waals surface area contributed by atoms with Crippen LogP contribution in [0.5, 0.6) is 0 Å². The van der Waals surface area contributed by atoms with Gasteiger partial charge in [0.05, 0.1) is 10.5 Å². The molecule has 2 nitrogen and oxygen atoms in total. The Morgan fingerprint density at radius 2 is 1.90 bits per heavy atom. The van der Waals surface area contributed by atoms with Gasteiger partial charge < -0.3 is 0 Å². The molecule has 0 aliphatic carbocycles. The van der Waals surface area contributed by atoms with E-state index in [4.69, 9.17) is 0 Å². The average molecular weight is 304 g/mol. The zero-order valence-corrected chi connectivity index (χ0v) is 13.5. The summed E-state index contributed by atoms with van der Waals surface area (Å²) in [5.41, 5.74) is 3.83. The molecule has 114 valence electrons. The highest BCUT2D eigenvalue weighted by Crippen LogP contribution is 2.39. The van der Waals surface area contributed by atoms with Crippen molar-refractivity contribution in [2.45, 2.75) is 62.4 Å². The number of rotatable bonds is 4. The van der Waals surface area contributed by atoms with Crippen LogP contribution in [0.1, 0.15) is 56.6 Å². The molecule has 3 rings (SSSR count). The van der Waals surface area contributed by atoms with Gasteiger partial charge in [0.15, 0.2) is 9.84 Å². The first kappa shape index (κ1) is 14.8. The van der Waals surface area contributed by atoms with E-state index >= 15 is 0 Å². The predicted molar refractivity (Wildman–Crippen MR) is 88.0 cm³/mol. The third-order valence-electron chi connectivity index (χ3n) is 4.88. The number of benzene rings is 1. The first-order valence-corrected chi connectivity index (χ1v) is 9.75. The van der Waals surface area contributed by atoms with Crippen LogP contribution >= 0.6 is 0 Å². The third-order valence-corrected chi connectivity index (χ3v) is 7.43. The molecule has 0 N–H and O–H groups in total. The molecular formula is C18H24O2S. The zero-order chi connectivity index (χ0) is 14.9. The first-order chi connectivity index (χ1) is 10.1. The summed E-state index contributed by atoms with van der Waals surface area (Å²) in [6.07, 6.45) is 8.99.